The van der Waals surface area contributed by atoms with Crippen molar-refractivity contribution in [2.45, 2.75) is 125 Å². The standard InChI is InChI=1S/C49H64O9/c1-11-17-20-37-30-40(34(8)27-44(37)56-47(50)53-23-14-4)33(7)26-43(41-31-38(21-18-12-2)45(28-35(41)9)57-48(51)54-24-15-5)42-32-39(22-19-13-3)46(29-36(42)10)58-49(52)55-25-16-6/h14-16,27-33,43H,4-6,11-13,17-26H2,1-3,7-10H3. The van der Waals surface area contributed by atoms with Gasteiger partial charge in [0, 0.05) is 5.92 Å². The van der Waals surface area contributed by atoms with Crippen LogP contribution in [-0.2, 0) is 33.5 Å². The third-order valence-corrected chi connectivity index (χ3v) is 10.2. The number of hydrogen-bond donors (Lipinski definition) is 0. The van der Waals surface area contributed by atoms with Gasteiger partial charge in [-0.2, -0.15) is 0 Å². The lowest BCUT2D eigenvalue weighted by Crippen LogP contribution is -2.16. The number of carbonyl (C=O) groups is 3. The lowest BCUT2D eigenvalue weighted by molar-refractivity contribution is 0.108. The van der Waals surface area contributed by atoms with Crippen LogP contribution in [0.4, 0.5) is 14.4 Å². The molecule has 9 nitrogen and oxygen atoms in total. The molecule has 0 heterocycles. The van der Waals surface area contributed by atoms with E-state index in [9.17, 15) is 14.4 Å². The van der Waals surface area contributed by atoms with Crippen LogP contribution >= 0.6 is 0 Å². The van der Waals surface area contributed by atoms with Crippen LogP contribution in [0.1, 0.15) is 135 Å². The first kappa shape index (κ1) is 47.1. The molecule has 0 N–H and O–H groups in total. The minimum Gasteiger partial charge on any atom is -0.430 e. The second-order valence-electron chi connectivity index (χ2n) is 14.8. The van der Waals surface area contributed by atoms with Gasteiger partial charge in [0.25, 0.3) is 0 Å². The van der Waals surface area contributed by atoms with Crippen molar-refractivity contribution in [3.63, 3.8) is 0 Å². The summed E-state index contributed by atoms with van der Waals surface area (Å²) in [6.07, 6.45) is 10.8. The molecule has 0 aliphatic heterocycles. The Morgan fingerprint density at radius 2 is 0.845 bits per heavy atom. The zero-order chi connectivity index (χ0) is 42.6. The SMILES string of the molecule is C=CCOC(=O)Oc1cc(C)c(C(C)CC(c2cc(CCCC)c(OC(=O)OCC=C)cc2C)c2cc(CCCC)c(OC(=O)OCC=C)cc2C)cc1CCCC. The van der Waals surface area contributed by atoms with Crippen LogP contribution in [0.3, 0.4) is 0 Å². The Hall–Kier alpha value is -5.31. The maximum atomic E-state index is 12.7. The van der Waals surface area contributed by atoms with E-state index in [0.717, 1.165) is 101 Å². The van der Waals surface area contributed by atoms with Gasteiger partial charge in [-0.05, 0) is 140 Å². The molecule has 3 rings (SSSR count). The average Bonchev–Trinajstić information content (AvgIpc) is 3.19. The zero-order valence-electron chi connectivity index (χ0n) is 35.8. The van der Waals surface area contributed by atoms with Gasteiger partial charge in [-0.25, -0.2) is 14.4 Å². The second-order valence-corrected chi connectivity index (χ2v) is 14.8. The van der Waals surface area contributed by atoms with Gasteiger partial charge in [0.1, 0.15) is 37.1 Å². The number of carbonyl (C=O) groups excluding carboxylic acids is 3. The lowest BCUT2D eigenvalue weighted by atomic mass is 9.76. The summed E-state index contributed by atoms with van der Waals surface area (Å²) in [7, 11) is 0. The van der Waals surface area contributed by atoms with Crippen molar-refractivity contribution in [1.29, 1.82) is 0 Å². The summed E-state index contributed by atoms with van der Waals surface area (Å²) in [6, 6.07) is 12.4. The predicted octanol–water partition coefficient (Wildman–Crippen LogP) is 13.1. The van der Waals surface area contributed by atoms with Crippen LogP contribution in [-0.4, -0.2) is 38.3 Å². The lowest BCUT2D eigenvalue weighted by Gasteiger charge is -2.28. The van der Waals surface area contributed by atoms with Gasteiger partial charge >= 0.3 is 18.5 Å². The highest BCUT2D eigenvalue weighted by molar-refractivity contribution is 5.67. The Morgan fingerprint density at radius 1 is 0.534 bits per heavy atom. The summed E-state index contributed by atoms with van der Waals surface area (Å²) in [5, 5.41) is 0. The first-order valence-electron chi connectivity index (χ1n) is 20.7. The average molecular weight is 797 g/mol. The van der Waals surface area contributed by atoms with E-state index in [4.69, 9.17) is 28.4 Å². The fourth-order valence-corrected chi connectivity index (χ4v) is 7.13. The van der Waals surface area contributed by atoms with Crippen LogP contribution in [0.5, 0.6) is 17.2 Å². The van der Waals surface area contributed by atoms with Crippen molar-refractivity contribution < 1.29 is 42.8 Å². The topological polar surface area (TPSA) is 107 Å². The second kappa shape index (κ2) is 24.5. The highest BCUT2D eigenvalue weighted by atomic mass is 16.7. The van der Waals surface area contributed by atoms with E-state index in [1.54, 1.807) is 0 Å². The molecule has 0 bridgehead atoms. The predicted molar refractivity (Wildman–Crippen MR) is 231 cm³/mol. The summed E-state index contributed by atoms with van der Waals surface area (Å²) >= 11 is 0. The molecule has 0 saturated heterocycles. The molecule has 1 atom stereocenters. The number of benzene rings is 3. The number of hydrogen-bond acceptors (Lipinski definition) is 9. The van der Waals surface area contributed by atoms with Crippen molar-refractivity contribution in [3.05, 3.63) is 124 Å². The van der Waals surface area contributed by atoms with E-state index in [0.29, 0.717) is 30.1 Å². The van der Waals surface area contributed by atoms with Gasteiger partial charge in [0.15, 0.2) is 0 Å². The van der Waals surface area contributed by atoms with Crippen LogP contribution in [0.15, 0.2) is 74.4 Å². The molecule has 58 heavy (non-hydrogen) atoms. The molecule has 9 heteroatoms. The molecule has 0 aliphatic rings. The molecule has 3 aromatic carbocycles. The summed E-state index contributed by atoms with van der Waals surface area (Å²) in [5.74, 6) is 1.42. The fourth-order valence-electron chi connectivity index (χ4n) is 7.13. The van der Waals surface area contributed by atoms with E-state index < -0.39 is 18.5 Å². The Balaban J connectivity index is 2.26. The largest absolute Gasteiger partial charge is 0.514 e. The molecule has 1 unspecified atom stereocenters. The Kier molecular flexibility index (Phi) is 19.8. The molecule has 0 saturated carbocycles. The third kappa shape index (κ3) is 14.0. The first-order chi connectivity index (χ1) is 27.9. The van der Waals surface area contributed by atoms with Crippen molar-refractivity contribution in [1.82, 2.24) is 0 Å². The van der Waals surface area contributed by atoms with Gasteiger partial charge in [0.2, 0.25) is 0 Å². The molecule has 0 amide bonds. The van der Waals surface area contributed by atoms with Crippen molar-refractivity contribution in [3.8, 4) is 17.2 Å². The first-order valence-corrected chi connectivity index (χ1v) is 20.7. The Morgan fingerprint density at radius 3 is 1.16 bits per heavy atom. The van der Waals surface area contributed by atoms with E-state index in [2.05, 4.69) is 65.6 Å². The van der Waals surface area contributed by atoms with E-state index in [1.165, 1.54) is 18.2 Å². The Labute approximate surface area is 346 Å². The summed E-state index contributed by atoms with van der Waals surface area (Å²) in [4.78, 5) is 37.8. The normalized spacial score (nSPS) is 11.4. The highest BCUT2D eigenvalue weighted by Gasteiger charge is 2.27. The van der Waals surface area contributed by atoms with Crippen molar-refractivity contribution in [2.24, 2.45) is 0 Å². The molecule has 0 aromatic heterocycles. The van der Waals surface area contributed by atoms with Gasteiger partial charge in [-0.3, -0.25) is 0 Å². The minimum absolute atomic E-state index is 0.0531. The van der Waals surface area contributed by atoms with Gasteiger partial charge in [-0.1, -0.05) is 103 Å². The number of rotatable bonds is 23. The molecule has 314 valence electrons. The summed E-state index contributed by atoms with van der Waals surface area (Å²) in [5.41, 5.74) is 9.12. The quantitative estimate of drug-likeness (QED) is 0.0401. The Bertz CT molecular complexity index is 1790. The molecule has 0 aliphatic carbocycles. The minimum atomic E-state index is -0.774. The van der Waals surface area contributed by atoms with Crippen molar-refractivity contribution in [2.75, 3.05) is 19.8 Å². The maximum Gasteiger partial charge on any atom is 0.514 e. The molecule has 0 spiro atoms. The maximum absolute atomic E-state index is 12.7. The third-order valence-electron chi connectivity index (χ3n) is 10.2. The van der Waals surface area contributed by atoms with Crippen molar-refractivity contribution >= 4 is 18.5 Å². The molecular weight excluding hydrogens is 733 g/mol. The summed E-state index contributed by atoms with van der Waals surface area (Å²) < 4.78 is 32.8. The van der Waals surface area contributed by atoms with Gasteiger partial charge in [0.05, 0.1) is 0 Å². The van der Waals surface area contributed by atoms with Gasteiger partial charge in [-0.15, -0.1) is 0 Å². The monoisotopic (exact) mass is 796 g/mol. The van der Waals surface area contributed by atoms with Crippen LogP contribution in [0, 0.1) is 20.8 Å². The molecule has 0 radical (unpaired) electrons. The van der Waals surface area contributed by atoms with E-state index >= 15 is 0 Å². The number of unbranched alkanes of at least 4 members (excludes halogenated alkanes) is 3. The number of ether oxygens (including phenoxy) is 6. The summed E-state index contributed by atoms with van der Waals surface area (Å²) in [6.45, 7) is 25.8. The highest BCUT2D eigenvalue weighted by Crippen LogP contribution is 2.43. The molecular formula is C49H64O9. The molecule has 3 aromatic rings. The van der Waals surface area contributed by atoms with Crippen LogP contribution in [0.25, 0.3) is 0 Å². The van der Waals surface area contributed by atoms with E-state index in [1.807, 2.05) is 39.0 Å². The van der Waals surface area contributed by atoms with Gasteiger partial charge < -0.3 is 28.4 Å². The zero-order valence-corrected chi connectivity index (χ0v) is 35.8. The van der Waals surface area contributed by atoms with Crippen LogP contribution < -0.4 is 14.2 Å². The number of aryl methyl sites for hydroxylation is 6. The van der Waals surface area contributed by atoms with Crippen LogP contribution in [0.2, 0.25) is 0 Å². The smallest absolute Gasteiger partial charge is 0.430 e. The van der Waals surface area contributed by atoms with E-state index in [-0.39, 0.29) is 31.7 Å². The fraction of sp³-hybridized carbons (Fsp3) is 0.449. The molecule has 0 fully saturated rings.